The fourth-order valence-corrected chi connectivity index (χ4v) is 2.45. The second-order valence-electron chi connectivity index (χ2n) is 5.03. The SMILES string of the molecule is Cc1cc(C=Nn2cnnc2)c(C)n1-c1cccc([N+](=O)[O-])c1.Cl. The maximum absolute atomic E-state index is 11.0. The molecule has 0 N–H and O–H groups in total. The monoisotopic (exact) mass is 346 g/mol. The smallest absolute Gasteiger partial charge is 0.271 e. The van der Waals surface area contributed by atoms with E-state index in [1.165, 1.54) is 23.4 Å². The van der Waals surface area contributed by atoms with Crippen LogP contribution in [0, 0.1) is 24.0 Å². The van der Waals surface area contributed by atoms with Crippen molar-refractivity contribution in [2.45, 2.75) is 13.8 Å². The van der Waals surface area contributed by atoms with E-state index in [1.54, 1.807) is 18.3 Å². The standard InChI is InChI=1S/C15H14N6O2.ClH/c1-11-6-13(8-18-19-9-16-17-10-19)12(2)20(11)14-4-3-5-15(7-14)21(22)23;/h3-10H,1-2H3;1H. The summed E-state index contributed by atoms with van der Waals surface area (Å²) in [5.74, 6) is 0. The molecule has 0 radical (unpaired) electrons. The van der Waals surface area contributed by atoms with E-state index >= 15 is 0 Å². The Morgan fingerprint density at radius 1 is 1.21 bits per heavy atom. The molecule has 0 amide bonds. The highest BCUT2D eigenvalue weighted by molar-refractivity contribution is 5.85. The van der Waals surface area contributed by atoms with Gasteiger partial charge in [0.2, 0.25) is 0 Å². The molecule has 3 aromatic rings. The minimum Gasteiger partial charge on any atom is -0.318 e. The van der Waals surface area contributed by atoms with Crippen molar-refractivity contribution in [1.29, 1.82) is 0 Å². The summed E-state index contributed by atoms with van der Waals surface area (Å²) in [6, 6.07) is 8.53. The number of nitrogens with zero attached hydrogens (tertiary/aromatic N) is 6. The highest BCUT2D eigenvalue weighted by Crippen LogP contribution is 2.23. The molecule has 2 heterocycles. The molecule has 0 aliphatic carbocycles. The Labute approximate surface area is 144 Å². The van der Waals surface area contributed by atoms with Crippen LogP contribution in [0.3, 0.4) is 0 Å². The van der Waals surface area contributed by atoms with Crippen molar-refractivity contribution in [3.8, 4) is 5.69 Å². The average Bonchev–Trinajstić information content (AvgIpc) is 3.13. The number of benzene rings is 1. The maximum Gasteiger partial charge on any atom is 0.271 e. The van der Waals surface area contributed by atoms with E-state index in [-0.39, 0.29) is 18.1 Å². The van der Waals surface area contributed by atoms with Crippen LogP contribution in [0.5, 0.6) is 0 Å². The van der Waals surface area contributed by atoms with E-state index in [0.29, 0.717) is 0 Å². The molecule has 0 saturated carbocycles. The molecule has 3 rings (SSSR count). The first-order valence-electron chi connectivity index (χ1n) is 6.89. The Hall–Kier alpha value is -3.00. The molecular weight excluding hydrogens is 332 g/mol. The topological polar surface area (TPSA) is 91.1 Å². The lowest BCUT2D eigenvalue weighted by molar-refractivity contribution is -0.384. The molecule has 1 aromatic carbocycles. The molecule has 0 unspecified atom stereocenters. The predicted molar refractivity (Wildman–Crippen MR) is 92.2 cm³/mol. The number of halogens is 1. The summed E-state index contributed by atoms with van der Waals surface area (Å²) in [4.78, 5) is 10.6. The van der Waals surface area contributed by atoms with Gasteiger partial charge in [-0.1, -0.05) is 6.07 Å². The molecule has 0 bridgehead atoms. The van der Waals surface area contributed by atoms with Crippen LogP contribution in [0.1, 0.15) is 17.0 Å². The fourth-order valence-electron chi connectivity index (χ4n) is 2.45. The minimum atomic E-state index is -0.397. The van der Waals surface area contributed by atoms with E-state index in [1.807, 2.05) is 30.5 Å². The largest absolute Gasteiger partial charge is 0.318 e. The van der Waals surface area contributed by atoms with Gasteiger partial charge < -0.3 is 4.57 Å². The first-order chi connectivity index (χ1) is 11.1. The maximum atomic E-state index is 11.0. The van der Waals surface area contributed by atoms with Gasteiger partial charge in [0.25, 0.3) is 5.69 Å². The Morgan fingerprint density at radius 3 is 2.58 bits per heavy atom. The van der Waals surface area contributed by atoms with Crippen LogP contribution >= 0.6 is 12.4 Å². The van der Waals surface area contributed by atoms with Crippen molar-refractivity contribution in [3.05, 3.63) is 70.1 Å². The number of non-ortho nitro benzene ring substituents is 1. The van der Waals surface area contributed by atoms with Crippen LogP contribution in [-0.2, 0) is 0 Å². The van der Waals surface area contributed by atoms with Crippen molar-refractivity contribution >= 4 is 24.3 Å². The Morgan fingerprint density at radius 2 is 1.92 bits per heavy atom. The molecule has 124 valence electrons. The van der Waals surface area contributed by atoms with Crippen LogP contribution in [0.4, 0.5) is 5.69 Å². The van der Waals surface area contributed by atoms with Gasteiger partial charge in [0, 0.05) is 29.1 Å². The molecule has 0 spiro atoms. The van der Waals surface area contributed by atoms with Crippen molar-refractivity contribution < 1.29 is 4.92 Å². The summed E-state index contributed by atoms with van der Waals surface area (Å²) in [5.41, 5.74) is 3.64. The van der Waals surface area contributed by atoms with Gasteiger partial charge in [0.15, 0.2) is 0 Å². The van der Waals surface area contributed by atoms with Gasteiger partial charge in [-0.15, -0.1) is 22.6 Å². The fraction of sp³-hybridized carbons (Fsp3) is 0.133. The van der Waals surface area contributed by atoms with Crippen LogP contribution in [-0.4, -0.2) is 30.6 Å². The van der Waals surface area contributed by atoms with Gasteiger partial charge >= 0.3 is 0 Å². The van der Waals surface area contributed by atoms with Crippen LogP contribution in [0.2, 0.25) is 0 Å². The van der Waals surface area contributed by atoms with Crippen LogP contribution < -0.4 is 0 Å². The summed E-state index contributed by atoms with van der Waals surface area (Å²) in [5, 5.41) is 22.6. The van der Waals surface area contributed by atoms with Gasteiger partial charge in [-0.05, 0) is 26.0 Å². The Kier molecular flexibility index (Phi) is 5.10. The minimum absolute atomic E-state index is 0. The zero-order valence-electron chi connectivity index (χ0n) is 13.0. The van der Waals surface area contributed by atoms with Gasteiger partial charge in [0.1, 0.15) is 12.7 Å². The predicted octanol–water partition coefficient (Wildman–Crippen LogP) is 2.90. The van der Waals surface area contributed by atoms with Crippen molar-refractivity contribution in [2.75, 3.05) is 0 Å². The summed E-state index contributed by atoms with van der Waals surface area (Å²) >= 11 is 0. The Balaban J connectivity index is 0.00000208. The first-order valence-corrected chi connectivity index (χ1v) is 6.89. The summed E-state index contributed by atoms with van der Waals surface area (Å²) in [7, 11) is 0. The highest BCUT2D eigenvalue weighted by atomic mass is 35.5. The van der Waals surface area contributed by atoms with E-state index in [2.05, 4.69) is 15.3 Å². The van der Waals surface area contributed by atoms with Crippen molar-refractivity contribution in [2.24, 2.45) is 5.10 Å². The molecule has 0 aliphatic rings. The molecule has 2 aromatic heterocycles. The van der Waals surface area contributed by atoms with Crippen LogP contribution in [0.15, 0.2) is 48.1 Å². The average molecular weight is 347 g/mol. The number of hydrogen-bond donors (Lipinski definition) is 0. The molecule has 0 fully saturated rings. The highest BCUT2D eigenvalue weighted by Gasteiger charge is 2.12. The third-order valence-electron chi connectivity index (χ3n) is 3.51. The normalized spacial score (nSPS) is 10.8. The van der Waals surface area contributed by atoms with Crippen LogP contribution in [0.25, 0.3) is 5.69 Å². The molecule has 0 aliphatic heterocycles. The molecule has 9 heteroatoms. The lowest BCUT2D eigenvalue weighted by Gasteiger charge is -2.09. The van der Waals surface area contributed by atoms with Crippen molar-refractivity contribution in [3.63, 3.8) is 0 Å². The summed E-state index contributed by atoms with van der Waals surface area (Å²) in [6.45, 7) is 3.89. The summed E-state index contributed by atoms with van der Waals surface area (Å²) < 4.78 is 3.46. The molecule has 0 saturated heterocycles. The van der Waals surface area contributed by atoms with Gasteiger partial charge in [0.05, 0.1) is 16.8 Å². The van der Waals surface area contributed by atoms with Gasteiger partial charge in [-0.3, -0.25) is 10.1 Å². The lowest BCUT2D eigenvalue weighted by atomic mass is 10.2. The first kappa shape index (κ1) is 17.4. The lowest BCUT2D eigenvalue weighted by Crippen LogP contribution is -2.00. The quantitative estimate of drug-likeness (QED) is 0.412. The van der Waals surface area contributed by atoms with Crippen molar-refractivity contribution in [1.82, 2.24) is 19.4 Å². The second-order valence-corrected chi connectivity index (χ2v) is 5.03. The molecule has 24 heavy (non-hydrogen) atoms. The van der Waals surface area contributed by atoms with Gasteiger partial charge in [-0.2, -0.15) is 5.10 Å². The summed E-state index contributed by atoms with van der Waals surface area (Å²) in [6.07, 6.45) is 4.70. The van der Waals surface area contributed by atoms with E-state index in [4.69, 9.17) is 0 Å². The zero-order valence-corrected chi connectivity index (χ0v) is 13.8. The number of nitro benzene ring substituents is 1. The number of nitro groups is 1. The van der Waals surface area contributed by atoms with Gasteiger partial charge in [-0.25, -0.2) is 4.68 Å². The third-order valence-corrected chi connectivity index (χ3v) is 3.51. The third kappa shape index (κ3) is 3.33. The zero-order chi connectivity index (χ0) is 16.4. The molecule has 0 atom stereocenters. The number of hydrogen-bond acceptors (Lipinski definition) is 5. The van der Waals surface area contributed by atoms with E-state index in [9.17, 15) is 10.1 Å². The van der Waals surface area contributed by atoms with E-state index in [0.717, 1.165) is 22.6 Å². The second kappa shape index (κ2) is 7.05. The number of rotatable bonds is 4. The number of aromatic nitrogens is 4. The number of aryl methyl sites for hydroxylation is 1. The molecular formula is C15H15ClN6O2. The van der Waals surface area contributed by atoms with E-state index < -0.39 is 4.92 Å². The molecule has 8 nitrogen and oxygen atoms in total. The Bertz CT molecular complexity index is 886.